The van der Waals surface area contributed by atoms with Crippen molar-refractivity contribution >= 4 is 5.91 Å². The molecule has 1 N–H and O–H groups in total. The SMILES string of the molecule is O=C(NCc1nnc2n1CCCCC2)C1CCOc2ccccc2C1. The predicted octanol–water partition coefficient (Wildman–Crippen LogP) is 2.26. The van der Waals surface area contributed by atoms with Gasteiger partial charge in [0.15, 0.2) is 5.82 Å². The summed E-state index contributed by atoms with van der Waals surface area (Å²) in [4.78, 5) is 12.7. The molecule has 1 atom stereocenters. The Hall–Kier alpha value is -2.37. The van der Waals surface area contributed by atoms with E-state index in [4.69, 9.17) is 4.74 Å². The molecule has 1 amide bonds. The molecule has 1 aromatic heterocycles. The van der Waals surface area contributed by atoms with Crippen molar-refractivity contribution in [2.45, 2.75) is 51.6 Å². The van der Waals surface area contributed by atoms with Crippen LogP contribution in [0.3, 0.4) is 0 Å². The Morgan fingerprint density at radius 3 is 3.12 bits per heavy atom. The highest BCUT2D eigenvalue weighted by molar-refractivity contribution is 5.79. The molecule has 4 rings (SSSR count). The van der Waals surface area contributed by atoms with Crippen LogP contribution in [0.15, 0.2) is 24.3 Å². The van der Waals surface area contributed by atoms with Crippen molar-refractivity contribution in [1.29, 1.82) is 0 Å². The summed E-state index contributed by atoms with van der Waals surface area (Å²) in [6.45, 7) is 1.98. The van der Waals surface area contributed by atoms with Gasteiger partial charge in [-0.05, 0) is 37.3 Å². The van der Waals surface area contributed by atoms with Crippen LogP contribution >= 0.6 is 0 Å². The third-order valence-corrected chi connectivity index (χ3v) is 5.14. The number of rotatable bonds is 3. The van der Waals surface area contributed by atoms with Crippen LogP contribution in [0.1, 0.15) is 42.9 Å². The number of carbonyl (C=O) groups excluding carboxylic acids is 1. The minimum atomic E-state index is -0.0600. The number of nitrogens with zero attached hydrogens (tertiary/aromatic N) is 3. The van der Waals surface area contributed by atoms with Gasteiger partial charge in [0.2, 0.25) is 5.91 Å². The number of nitrogens with one attached hydrogen (secondary N) is 1. The van der Waals surface area contributed by atoms with Crippen molar-refractivity contribution in [3.05, 3.63) is 41.5 Å². The second-order valence-corrected chi connectivity index (χ2v) is 6.86. The lowest BCUT2D eigenvalue weighted by Crippen LogP contribution is -2.32. The summed E-state index contributed by atoms with van der Waals surface area (Å²) in [7, 11) is 0. The lowest BCUT2D eigenvalue weighted by Gasteiger charge is -2.14. The average molecular weight is 340 g/mol. The Morgan fingerprint density at radius 2 is 2.16 bits per heavy atom. The number of carbonyl (C=O) groups is 1. The maximum Gasteiger partial charge on any atom is 0.223 e. The molecule has 132 valence electrons. The molecular weight excluding hydrogens is 316 g/mol. The van der Waals surface area contributed by atoms with Crippen LogP contribution in [0.2, 0.25) is 0 Å². The highest BCUT2D eigenvalue weighted by Crippen LogP contribution is 2.26. The maximum absolute atomic E-state index is 12.7. The number of amides is 1. The zero-order valence-electron chi connectivity index (χ0n) is 14.4. The summed E-state index contributed by atoms with van der Waals surface area (Å²) in [5.74, 6) is 2.84. The molecule has 1 unspecified atom stereocenters. The fraction of sp³-hybridized carbons (Fsp3) is 0.526. The van der Waals surface area contributed by atoms with Crippen molar-refractivity contribution in [3.8, 4) is 5.75 Å². The second-order valence-electron chi connectivity index (χ2n) is 6.86. The van der Waals surface area contributed by atoms with Crippen LogP contribution in [0.5, 0.6) is 5.75 Å². The molecule has 1 aromatic carbocycles. The van der Waals surface area contributed by atoms with E-state index < -0.39 is 0 Å². The van der Waals surface area contributed by atoms with Crippen molar-refractivity contribution in [3.63, 3.8) is 0 Å². The van der Waals surface area contributed by atoms with Crippen molar-refractivity contribution in [1.82, 2.24) is 20.1 Å². The number of fused-ring (bicyclic) bond motifs is 2. The summed E-state index contributed by atoms with van der Waals surface area (Å²) in [6.07, 6.45) is 6.00. The summed E-state index contributed by atoms with van der Waals surface area (Å²) >= 11 is 0. The van der Waals surface area contributed by atoms with Gasteiger partial charge in [-0.2, -0.15) is 0 Å². The zero-order chi connectivity index (χ0) is 17.1. The van der Waals surface area contributed by atoms with E-state index in [1.165, 1.54) is 12.8 Å². The Bertz CT molecular complexity index is 756. The molecule has 0 aliphatic carbocycles. The molecule has 25 heavy (non-hydrogen) atoms. The topological polar surface area (TPSA) is 69.0 Å². The first-order valence-electron chi connectivity index (χ1n) is 9.20. The van der Waals surface area contributed by atoms with E-state index in [1.807, 2.05) is 24.3 Å². The van der Waals surface area contributed by atoms with Gasteiger partial charge in [0.25, 0.3) is 0 Å². The van der Waals surface area contributed by atoms with Crippen LogP contribution in [0.25, 0.3) is 0 Å². The molecule has 6 heteroatoms. The van der Waals surface area contributed by atoms with Crippen molar-refractivity contribution in [2.75, 3.05) is 6.61 Å². The summed E-state index contributed by atoms with van der Waals surface area (Å²) in [6, 6.07) is 7.98. The van der Waals surface area contributed by atoms with Crippen LogP contribution in [0, 0.1) is 5.92 Å². The smallest absolute Gasteiger partial charge is 0.223 e. The van der Waals surface area contributed by atoms with Gasteiger partial charge in [0, 0.05) is 18.9 Å². The molecule has 0 saturated carbocycles. The Kier molecular flexibility index (Phi) is 4.68. The van der Waals surface area contributed by atoms with Crippen LogP contribution < -0.4 is 10.1 Å². The molecular formula is C19H24N4O2. The van der Waals surface area contributed by atoms with Gasteiger partial charge in [-0.1, -0.05) is 24.6 Å². The number of hydrogen-bond donors (Lipinski definition) is 1. The normalized spacial score (nSPS) is 19.8. The van der Waals surface area contributed by atoms with E-state index in [-0.39, 0.29) is 11.8 Å². The predicted molar refractivity (Wildman–Crippen MR) is 93.2 cm³/mol. The molecule has 0 saturated heterocycles. The minimum absolute atomic E-state index is 0.0600. The highest BCUT2D eigenvalue weighted by Gasteiger charge is 2.24. The largest absolute Gasteiger partial charge is 0.493 e. The fourth-order valence-corrected chi connectivity index (χ4v) is 3.70. The average Bonchev–Trinajstić information content (AvgIpc) is 2.82. The first-order valence-corrected chi connectivity index (χ1v) is 9.20. The molecule has 6 nitrogen and oxygen atoms in total. The van der Waals surface area contributed by atoms with Crippen molar-refractivity contribution < 1.29 is 9.53 Å². The van der Waals surface area contributed by atoms with E-state index in [9.17, 15) is 4.79 Å². The molecule has 2 aliphatic heterocycles. The van der Waals surface area contributed by atoms with Gasteiger partial charge < -0.3 is 14.6 Å². The summed E-state index contributed by atoms with van der Waals surface area (Å²) < 4.78 is 7.94. The van der Waals surface area contributed by atoms with Crippen LogP contribution in [0.4, 0.5) is 0 Å². The van der Waals surface area contributed by atoms with Gasteiger partial charge in [-0.15, -0.1) is 10.2 Å². The van der Waals surface area contributed by atoms with Crippen LogP contribution in [-0.4, -0.2) is 27.3 Å². The van der Waals surface area contributed by atoms with E-state index in [1.54, 1.807) is 0 Å². The molecule has 3 heterocycles. The molecule has 0 fully saturated rings. The summed E-state index contributed by atoms with van der Waals surface area (Å²) in [5.41, 5.74) is 1.11. The lowest BCUT2D eigenvalue weighted by atomic mass is 9.96. The minimum Gasteiger partial charge on any atom is -0.493 e. The molecule has 2 aliphatic rings. The van der Waals surface area contributed by atoms with Gasteiger partial charge in [-0.3, -0.25) is 4.79 Å². The maximum atomic E-state index is 12.7. The Balaban J connectivity index is 1.40. The molecule has 0 bridgehead atoms. The summed E-state index contributed by atoms with van der Waals surface area (Å²) in [5, 5.41) is 11.6. The lowest BCUT2D eigenvalue weighted by molar-refractivity contribution is -0.125. The Labute approximate surface area is 147 Å². The fourth-order valence-electron chi connectivity index (χ4n) is 3.70. The number of para-hydroxylation sites is 1. The molecule has 2 aromatic rings. The van der Waals surface area contributed by atoms with E-state index in [0.717, 1.165) is 55.2 Å². The molecule has 0 spiro atoms. The zero-order valence-corrected chi connectivity index (χ0v) is 14.4. The first-order chi connectivity index (χ1) is 12.3. The van der Waals surface area contributed by atoms with Gasteiger partial charge >= 0.3 is 0 Å². The third-order valence-electron chi connectivity index (χ3n) is 5.14. The van der Waals surface area contributed by atoms with E-state index in [0.29, 0.717) is 13.2 Å². The number of benzene rings is 1. The van der Waals surface area contributed by atoms with Gasteiger partial charge in [0.1, 0.15) is 11.6 Å². The number of hydrogen-bond acceptors (Lipinski definition) is 4. The van der Waals surface area contributed by atoms with E-state index in [2.05, 4.69) is 20.1 Å². The number of aromatic nitrogens is 3. The van der Waals surface area contributed by atoms with Crippen molar-refractivity contribution in [2.24, 2.45) is 5.92 Å². The highest BCUT2D eigenvalue weighted by atomic mass is 16.5. The first kappa shape index (κ1) is 16.1. The quantitative estimate of drug-likeness (QED) is 0.930. The standard InChI is InChI=1S/C19H24N4O2/c24-19(15-9-11-25-16-7-4-3-6-14(16)12-15)20-13-18-22-21-17-8-2-1-5-10-23(17)18/h3-4,6-7,15H,1-2,5,8-13H2,(H,20,24). The third kappa shape index (κ3) is 3.52. The van der Waals surface area contributed by atoms with Crippen LogP contribution in [-0.2, 0) is 30.7 Å². The van der Waals surface area contributed by atoms with E-state index >= 15 is 0 Å². The molecule has 0 radical (unpaired) electrons. The van der Waals surface area contributed by atoms with Gasteiger partial charge in [0.05, 0.1) is 13.2 Å². The monoisotopic (exact) mass is 340 g/mol. The number of ether oxygens (including phenoxy) is 1. The Morgan fingerprint density at radius 1 is 1.24 bits per heavy atom. The second kappa shape index (κ2) is 7.25. The number of aryl methyl sites for hydroxylation is 1. The van der Waals surface area contributed by atoms with Gasteiger partial charge in [-0.25, -0.2) is 0 Å².